The first kappa shape index (κ1) is 23.2. The van der Waals surface area contributed by atoms with Gasteiger partial charge < -0.3 is 13.9 Å². The third-order valence-corrected chi connectivity index (χ3v) is 11.7. The number of hydrogen-bond acceptors (Lipinski definition) is 5. The third kappa shape index (κ3) is 4.09. The van der Waals surface area contributed by atoms with Gasteiger partial charge in [0, 0.05) is 5.92 Å². The summed E-state index contributed by atoms with van der Waals surface area (Å²) in [6.45, 7) is 6.96. The predicted molar refractivity (Wildman–Crippen MR) is 129 cm³/mol. The van der Waals surface area contributed by atoms with Gasteiger partial charge >= 0.3 is 11.9 Å². The van der Waals surface area contributed by atoms with E-state index in [4.69, 9.17) is 13.9 Å². The van der Waals surface area contributed by atoms with Gasteiger partial charge in [-0.05, 0) is 27.4 Å². The number of rotatable bonds is 6. The lowest BCUT2D eigenvalue weighted by Crippen LogP contribution is -2.66. The first-order chi connectivity index (χ1) is 15.8. The van der Waals surface area contributed by atoms with Gasteiger partial charge in [-0.25, -0.2) is 4.79 Å². The van der Waals surface area contributed by atoms with Crippen LogP contribution < -0.4 is 10.4 Å². The Bertz CT molecular complexity index is 1040. The SMILES string of the molecule is COC(=O)C1=COC(=O)[C@@H]2C(CO[Si](c3ccccc3)(c3ccccc3)C(C)(C)C)=CC[C@H]12. The molecule has 1 aliphatic carbocycles. The molecule has 5 nitrogen and oxygen atoms in total. The van der Waals surface area contributed by atoms with Crippen LogP contribution in [0.2, 0.25) is 5.04 Å². The van der Waals surface area contributed by atoms with Crippen LogP contribution in [-0.4, -0.2) is 34.0 Å². The quantitative estimate of drug-likeness (QED) is 0.372. The molecule has 33 heavy (non-hydrogen) atoms. The van der Waals surface area contributed by atoms with Crippen LogP contribution in [0.3, 0.4) is 0 Å². The summed E-state index contributed by atoms with van der Waals surface area (Å²) in [6.07, 6.45) is 3.85. The number of allylic oxidation sites excluding steroid dienone is 1. The van der Waals surface area contributed by atoms with Gasteiger partial charge in [-0.3, -0.25) is 4.79 Å². The van der Waals surface area contributed by atoms with Crippen LogP contribution >= 0.6 is 0 Å². The fraction of sp³-hybridized carbons (Fsp3) is 0.333. The maximum absolute atomic E-state index is 12.7. The lowest BCUT2D eigenvalue weighted by atomic mass is 9.84. The second-order valence-corrected chi connectivity index (χ2v) is 13.9. The van der Waals surface area contributed by atoms with Crippen LogP contribution in [0, 0.1) is 11.8 Å². The highest BCUT2D eigenvalue weighted by Gasteiger charge is 2.51. The summed E-state index contributed by atoms with van der Waals surface area (Å²) in [6, 6.07) is 20.8. The lowest BCUT2D eigenvalue weighted by Gasteiger charge is -2.43. The Morgan fingerprint density at radius 3 is 2.12 bits per heavy atom. The molecule has 0 aromatic heterocycles. The second kappa shape index (κ2) is 9.12. The Kier molecular flexibility index (Phi) is 6.41. The highest BCUT2D eigenvalue weighted by atomic mass is 28.4. The number of methoxy groups -OCH3 is 1. The van der Waals surface area contributed by atoms with Crippen molar-refractivity contribution >= 4 is 30.6 Å². The van der Waals surface area contributed by atoms with Crippen molar-refractivity contribution in [3.05, 3.63) is 84.1 Å². The van der Waals surface area contributed by atoms with Gasteiger partial charge in [-0.15, -0.1) is 0 Å². The summed E-state index contributed by atoms with van der Waals surface area (Å²) in [5, 5.41) is 2.19. The topological polar surface area (TPSA) is 61.8 Å². The number of ether oxygens (including phenoxy) is 2. The van der Waals surface area contributed by atoms with E-state index in [2.05, 4.69) is 45.0 Å². The fourth-order valence-electron chi connectivity index (χ4n) is 5.12. The van der Waals surface area contributed by atoms with Crippen molar-refractivity contribution in [3.8, 4) is 0 Å². The van der Waals surface area contributed by atoms with Crippen molar-refractivity contribution in [1.82, 2.24) is 0 Å². The number of carbonyl (C=O) groups is 2. The molecule has 1 aliphatic heterocycles. The summed E-state index contributed by atoms with van der Waals surface area (Å²) in [5.41, 5.74) is 1.27. The first-order valence-electron chi connectivity index (χ1n) is 11.2. The molecule has 0 saturated heterocycles. The molecular weight excluding hydrogens is 432 g/mol. The Labute approximate surface area is 196 Å². The van der Waals surface area contributed by atoms with Crippen molar-refractivity contribution in [2.45, 2.75) is 32.2 Å². The maximum atomic E-state index is 12.7. The van der Waals surface area contributed by atoms with E-state index in [9.17, 15) is 9.59 Å². The minimum Gasteiger partial charge on any atom is -0.466 e. The summed E-state index contributed by atoms with van der Waals surface area (Å²) in [5.74, 6) is -1.60. The monoisotopic (exact) mass is 462 g/mol. The number of fused-ring (bicyclic) bond motifs is 1. The van der Waals surface area contributed by atoms with Gasteiger partial charge in [0.25, 0.3) is 8.32 Å². The van der Waals surface area contributed by atoms with E-state index in [1.54, 1.807) is 0 Å². The number of esters is 2. The van der Waals surface area contributed by atoms with Gasteiger partial charge in [-0.1, -0.05) is 87.5 Å². The molecule has 2 aliphatic rings. The zero-order valence-electron chi connectivity index (χ0n) is 19.5. The fourth-order valence-corrected chi connectivity index (χ4v) is 9.66. The van der Waals surface area contributed by atoms with Gasteiger partial charge in [0.15, 0.2) is 0 Å². The minimum atomic E-state index is -2.74. The molecule has 0 bridgehead atoms. The van der Waals surface area contributed by atoms with E-state index in [0.717, 1.165) is 5.57 Å². The van der Waals surface area contributed by atoms with Crippen molar-refractivity contribution in [2.24, 2.45) is 11.8 Å². The minimum absolute atomic E-state index is 0.168. The van der Waals surface area contributed by atoms with Crippen molar-refractivity contribution in [3.63, 3.8) is 0 Å². The number of hydrogen-bond donors (Lipinski definition) is 0. The van der Waals surface area contributed by atoms with Crippen molar-refractivity contribution in [2.75, 3.05) is 13.7 Å². The molecule has 1 heterocycles. The van der Waals surface area contributed by atoms with E-state index in [-0.39, 0.29) is 16.9 Å². The van der Waals surface area contributed by atoms with E-state index in [0.29, 0.717) is 18.6 Å². The number of cyclic esters (lactones) is 1. The zero-order chi connectivity index (χ0) is 23.6. The molecule has 4 rings (SSSR count). The summed E-state index contributed by atoms with van der Waals surface area (Å²) in [4.78, 5) is 24.9. The summed E-state index contributed by atoms with van der Waals surface area (Å²) < 4.78 is 17.1. The average molecular weight is 463 g/mol. The highest BCUT2D eigenvalue weighted by Crippen LogP contribution is 2.43. The molecule has 2 aromatic rings. The smallest absolute Gasteiger partial charge is 0.337 e. The van der Waals surface area contributed by atoms with Crippen LogP contribution in [0.5, 0.6) is 0 Å². The standard InChI is InChI=1S/C27H30O5Si/c1-27(2,3)33(20-11-7-5-8-12-20,21-13-9-6-10-14-21)32-17-19-15-16-22-23(25(28)30-4)18-31-26(29)24(19)22/h5-15,18,22,24H,16-17H2,1-4H3/t22-,24-/m1/s1. The van der Waals surface area contributed by atoms with Crippen molar-refractivity contribution in [1.29, 1.82) is 0 Å². The molecule has 0 amide bonds. The Balaban J connectivity index is 1.70. The van der Waals surface area contributed by atoms with Crippen LogP contribution in [0.4, 0.5) is 0 Å². The molecule has 6 heteroatoms. The summed E-state index contributed by atoms with van der Waals surface area (Å²) >= 11 is 0. The lowest BCUT2D eigenvalue weighted by molar-refractivity contribution is -0.146. The van der Waals surface area contributed by atoms with Gasteiger partial charge in [0.05, 0.1) is 25.2 Å². The van der Waals surface area contributed by atoms with Gasteiger partial charge in [0.1, 0.15) is 6.26 Å². The molecule has 172 valence electrons. The number of carbonyl (C=O) groups excluding carboxylic acids is 2. The summed E-state index contributed by atoms with van der Waals surface area (Å²) in [7, 11) is -1.40. The normalized spacial score (nSPS) is 20.4. The molecule has 0 radical (unpaired) electrons. The molecule has 0 fully saturated rings. The Morgan fingerprint density at radius 1 is 1.03 bits per heavy atom. The second-order valence-electron chi connectivity index (χ2n) is 9.55. The van der Waals surface area contributed by atoms with E-state index >= 15 is 0 Å². The first-order valence-corrected chi connectivity index (χ1v) is 13.1. The highest BCUT2D eigenvalue weighted by molar-refractivity contribution is 6.99. The molecule has 0 unspecified atom stereocenters. The van der Waals surface area contributed by atoms with Crippen molar-refractivity contribution < 1.29 is 23.5 Å². The average Bonchev–Trinajstić information content (AvgIpc) is 3.25. The van der Waals surface area contributed by atoms with Crippen LogP contribution in [0.1, 0.15) is 27.2 Å². The zero-order valence-corrected chi connectivity index (χ0v) is 20.5. The molecule has 0 N–H and O–H groups in total. The molecule has 2 aromatic carbocycles. The van der Waals surface area contributed by atoms with Crippen LogP contribution in [-0.2, 0) is 23.5 Å². The molecule has 2 atom stereocenters. The number of benzene rings is 2. The maximum Gasteiger partial charge on any atom is 0.337 e. The molecule has 0 saturated carbocycles. The Hall–Kier alpha value is -2.96. The predicted octanol–water partition coefficient (Wildman–Crippen LogP) is 3.74. The van der Waals surface area contributed by atoms with Crippen LogP contribution in [0.25, 0.3) is 0 Å². The van der Waals surface area contributed by atoms with E-state index in [1.165, 1.54) is 23.7 Å². The Morgan fingerprint density at radius 2 is 1.61 bits per heavy atom. The van der Waals surface area contributed by atoms with Crippen LogP contribution in [0.15, 0.2) is 84.1 Å². The van der Waals surface area contributed by atoms with E-state index < -0.39 is 20.2 Å². The third-order valence-electron chi connectivity index (χ3n) is 6.68. The van der Waals surface area contributed by atoms with E-state index in [1.807, 2.05) is 42.5 Å². The van der Waals surface area contributed by atoms with Gasteiger partial charge in [-0.2, -0.15) is 0 Å². The largest absolute Gasteiger partial charge is 0.466 e. The van der Waals surface area contributed by atoms with Gasteiger partial charge in [0.2, 0.25) is 0 Å². The molecular formula is C27H30O5Si. The molecule has 0 spiro atoms.